The number of rotatable bonds is 5. The molecule has 0 amide bonds. The van der Waals surface area contributed by atoms with Crippen molar-refractivity contribution in [3.05, 3.63) is 0 Å². The Bertz CT molecular complexity index is 228. The highest BCUT2D eigenvalue weighted by molar-refractivity contribution is 5.78. The molecular formula is C8H15F3N2O2. The lowest BCUT2D eigenvalue weighted by Crippen LogP contribution is -2.53. The zero-order valence-corrected chi connectivity index (χ0v) is 8.64. The van der Waals surface area contributed by atoms with Gasteiger partial charge in [0.15, 0.2) is 0 Å². The average Bonchev–Trinajstić information content (AvgIpc) is 1.98. The van der Waals surface area contributed by atoms with E-state index in [9.17, 15) is 18.0 Å². The molecule has 0 aromatic heterocycles. The van der Waals surface area contributed by atoms with Gasteiger partial charge in [-0.3, -0.25) is 4.79 Å². The number of hydrogen-bond donors (Lipinski definition) is 2. The number of hydrogen-bond acceptors (Lipinski definition) is 3. The molecule has 0 bridgehead atoms. The smallest absolute Gasteiger partial charge is 0.390 e. The minimum absolute atomic E-state index is 0.127. The molecule has 0 aromatic rings. The van der Waals surface area contributed by atoms with Crippen LogP contribution in [0.4, 0.5) is 13.2 Å². The number of nitrogens with zero attached hydrogens (tertiary/aromatic N) is 1. The largest absolute Gasteiger partial charge is 0.480 e. The Morgan fingerprint density at radius 1 is 1.47 bits per heavy atom. The van der Waals surface area contributed by atoms with Gasteiger partial charge in [-0.05, 0) is 14.0 Å². The van der Waals surface area contributed by atoms with Gasteiger partial charge < -0.3 is 15.7 Å². The molecule has 0 fully saturated rings. The Labute approximate surface area is 85.8 Å². The van der Waals surface area contributed by atoms with Crippen LogP contribution in [-0.2, 0) is 4.79 Å². The minimum Gasteiger partial charge on any atom is -0.480 e. The predicted octanol–water partition coefficient (Wildman–Crippen LogP) is 0.673. The fourth-order valence-electron chi connectivity index (χ4n) is 1.03. The minimum atomic E-state index is -4.23. The van der Waals surface area contributed by atoms with E-state index in [-0.39, 0.29) is 13.1 Å². The first-order valence-corrected chi connectivity index (χ1v) is 4.32. The van der Waals surface area contributed by atoms with Crippen LogP contribution in [-0.4, -0.2) is 47.8 Å². The van der Waals surface area contributed by atoms with Crippen LogP contribution >= 0.6 is 0 Å². The number of aliphatic carboxylic acids is 1. The van der Waals surface area contributed by atoms with E-state index >= 15 is 0 Å². The van der Waals surface area contributed by atoms with Crippen LogP contribution in [0.1, 0.15) is 13.3 Å². The van der Waals surface area contributed by atoms with E-state index in [2.05, 4.69) is 0 Å². The van der Waals surface area contributed by atoms with Crippen LogP contribution in [0.15, 0.2) is 0 Å². The standard InChI is InChI=1S/C8H15F3N2O2/c1-7(12,6(14)15)5-13(2)4-3-8(9,10)11/h3-5,12H2,1-2H3,(H,14,15). The molecule has 0 spiro atoms. The van der Waals surface area contributed by atoms with Crippen LogP contribution in [0.3, 0.4) is 0 Å². The number of carboxylic acid groups (broad SMARTS) is 1. The molecule has 1 atom stereocenters. The molecule has 90 valence electrons. The van der Waals surface area contributed by atoms with Crippen molar-refractivity contribution in [3.8, 4) is 0 Å². The molecule has 0 heterocycles. The third kappa shape index (κ3) is 6.29. The van der Waals surface area contributed by atoms with Gasteiger partial charge in [-0.25, -0.2) is 0 Å². The van der Waals surface area contributed by atoms with E-state index in [0.29, 0.717) is 0 Å². The second-order valence-electron chi connectivity index (χ2n) is 3.83. The van der Waals surface area contributed by atoms with E-state index in [4.69, 9.17) is 10.8 Å². The van der Waals surface area contributed by atoms with Crippen LogP contribution in [0.2, 0.25) is 0 Å². The molecule has 4 nitrogen and oxygen atoms in total. The highest BCUT2D eigenvalue weighted by Crippen LogP contribution is 2.19. The van der Waals surface area contributed by atoms with Gasteiger partial charge in [-0.1, -0.05) is 0 Å². The van der Waals surface area contributed by atoms with Gasteiger partial charge in [0.25, 0.3) is 0 Å². The molecule has 0 saturated carbocycles. The quantitative estimate of drug-likeness (QED) is 0.726. The summed E-state index contributed by atoms with van der Waals surface area (Å²) in [6.45, 7) is 0.876. The lowest BCUT2D eigenvalue weighted by atomic mass is 10.0. The summed E-state index contributed by atoms with van der Waals surface area (Å²) >= 11 is 0. The first-order chi connectivity index (χ1) is 6.54. The summed E-state index contributed by atoms with van der Waals surface area (Å²) < 4.78 is 35.5. The topological polar surface area (TPSA) is 66.6 Å². The number of carboxylic acids is 1. The Kier molecular flexibility index (Phi) is 4.54. The zero-order chi connectivity index (χ0) is 12.3. The maximum absolute atomic E-state index is 11.8. The molecule has 0 aromatic carbocycles. The van der Waals surface area contributed by atoms with Crippen molar-refractivity contribution in [3.63, 3.8) is 0 Å². The van der Waals surface area contributed by atoms with Gasteiger partial charge >= 0.3 is 12.1 Å². The van der Waals surface area contributed by atoms with Crippen molar-refractivity contribution < 1.29 is 23.1 Å². The third-order valence-electron chi connectivity index (χ3n) is 1.86. The third-order valence-corrected chi connectivity index (χ3v) is 1.86. The van der Waals surface area contributed by atoms with Gasteiger partial charge in [-0.15, -0.1) is 0 Å². The highest BCUT2D eigenvalue weighted by Gasteiger charge is 2.31. The highest BCUT2D eigenvalue weighted by atomic mass is 19.4. The Balaban J connectivity index is 4.04. The van der Waals surface area contributed by atoms with Gasteiger partial charge in [-0.2, -0.15) is 13.2 Å². The van der Waals surface area contributed by atoms with Crippen LogP contribution < -0.4 is 5.73 Å². The molecule has 1 unspecified atom stereocenters. The lowest BCUT2D eigenvalue weighted by Gasteiger charge is -2.26. The second kappa shape index (κ2) is 4.80. The summed E-state index contributed by atoms with van der Waals surface area (Å²) in [5, 5.41) is 8.64. The normalized spacial score (nSPS) is 16.5. The fraction of sp³-hybridized carbons (Fsp3) is 0.875. The van der Waals surface area contributed by atoms with E-state index in [1.165, 1.54) is 18.9 Å². The van der Waals surface area contributed by atoms with Crippen LogP contribution in [0.5, 0.6) is 0 Å². The zero-order valence-electron chi connectivity index (χ0n) is 8.64. The summed E-state index contributed by atoms with van der Waals surface area (Å²) in [7, 11) is 1.40. The molecule has 7 heteroatoms. The summed E-state index contributed by atoms with van der Waals surface area (Å²) in [5.74, 6) is -1.23. The van der Waals surface area contributed by atoms with Crippen molar-refractivity contribution in [2.24, 2.45) is 5.73 Å². The SMILES string of the molecule is CN(CCC(F)(F)F)CC(C)(N)C(=O)O. The molecule has 0 aliphatic rings. The molecule has 0 radical (unpaired) electrons. The van der Waals surface area contributed by atoms with E-state index < -0.39 is 24.1 Å². The van der Waals surface area contributed by atoms with Crippen molar-refractivity contribution >= 4 is 5.97 Å². The number of likely N-dealkylation sites (N-methyl/N-ethyl adjacent to an activating group) is 1. The van der Waals surface area contributed by atoms with Gasteiger partial charge in [0.05, 0.1) is 6.42 Å². The number of alkyl halides is 3. The van der Waals surface area contributed by atoms with E-state index in [1.807, 2.05) is 0 Å². The van der Waals surface area contributed by atoms with E-state index in [0.717, 1.165) is 0 Å². The molecule has 0 aliphatic carbocycles. The average molecular weight is 228 g/mol. The summed E-state index contributed by atoms with van der Waals surface area (Å²) in [6, 6.07) is 0. The number of halogens is 3. The van der Waals surface area contributed by atoms with Crippen LogP contribution in [0.25, 0.3) is 0 Å². The number of carbonyl (C=O) groups is 1. The first-order valence-electron chi connectivity index (χ1n) is 4.32. The Morgan fingerprint density at radius 2 is 1.93 bits per heavy atom. The van der Waals surface area contributed by atoms with E-state index in [1.54, 1.807) is 0 Å². The maximum atomic E-state index is 11.8. The Morgan fingerprint density at radius 3 is 2.27 bits per heavy atom. The second-order valence-corrected chi connectivity index (χ2v) is 3.83. The maximum Gasteiger partial charge on any atom is 0.390 e. The van der Waals surface area contributed by atoms with Gasteiger partial charge in [0.1, 0.15) is 5.54 Å². The summed E-state index contributed by atoms with van der Waals surface area (Å²) in [4.78, 5) is 11.8. The van der Waals surface area contributed by atoms with Crippen LogP contribution in [0, 0.1) is 0 Å². The van der Waals surface area contributed by atoms with Crippen molar-refractivity contribution in [2.75, 3.05) is 20.1 Å². The summed E-state index contributed by atoms with van der Waals surface area (Å²) in [5.41, 5.74) is 3.85. The molecule has 0 rings (SSSR count). The molecule has 15 heavy (non-hydrogen) atoms. The van der Waals surface area contributed by atoms with Gasteiger partial charge in [0, 0.05) is 13.1 Å². The fourth-order valence-corrected chi connectivity index (χ4v) is 1.03. The predicted molar refractivity (Wildman–Crippen MR) is 48.4 cm³/mol. The monoisotopic (exact) mass is 228 g/mol. The summed E-state index contributed by atoms with van der Waals surface area (Å²) in [6.07, 6.45) is -5.21. The molecule has 0 aliphatic heterocycles. The lowest BCUT2D eigenvalue weighted by molar-refractivity contribution is -0.144. The molecule has 3 N–H and O–H groups in total. The van der Waals surface area contributed by atoms with Gasteiger partial charge in [0.2, 0.25) is 0 Å². The van der Waals surface area contributed by atoms with Crippen molar-refractivity contribution in [2.45, 2.75) is 25.1 Å². The Hall–Kier alpha value is -0.820. The molecular weight excluding hydrogens is 213 g/mol. The van der Waals surface area contributed by atoms with Crippen molar-refractivity contribution in [1.29, 1.82) is 0 Å². The van der Waals surface area contributed by atoms with Crippen molar-refractivity contribution in [1.82, 2.24) is 4.90 Å². The number of nitrogens with two attached hydrogens (primary N) is 1. The first kappa shape index (κ1) is 14.2. The molecule has 0 saturated heterocycles.